The first-order chi connectivity index (χ1) is 7.94. The van der Waals surface area contributed by atoms with Gasteiger partial charge in [0.25, 0.3) is 0 Å². The maximum absolute atomic E-state index is 10.8. The van der Waals surface area contributed by atoms with Crippen molar-refractivity contribution >= 4 is 5.97 Å². The molecule has 0 radical (unpaired) electrons. The number of aliphatic carboxylic acids is 1. The Morgan fingerprint density at radius 1 is 1.24 bits per heavy atom. The third kappa shape index (κ3) is 4.64. The van der Waals surface area contributed by atoms with Gasteiger partial charge in [0.15, 0.2) is 0 Å². The lowest BCUT2D eigenvalue weighted by Crippen LogP contribution is -2.46. The van der Waals surface area contributed by atoms with Crippen LogP contribution < -0.4 is 5.32 Å². The van der Waals surface area contributed by atoms with E-state index in [2.05, 4.69) is 5.32 Å². The largest absolute Gasteiger partial charge is 0.481 e. The fourth-order valence-electron chi connectivity index (χ4n) is 2.31. The SMILES string of the molecule is CC(NCC1(O)CCCCCC1)C(C)C(=O)O. The normalized spacial score (nSPS) is 23.7. The second-order valence-electron chi connectivity index (χ2n) is 5.44. The van der Waals surface area contributed by atoms with Gasteiger partial charge < -0.3 is 15.5 Å². The Bertz CT molecular complexity index is 247. The van der Waals surface area contributed by atoms with E-state index in [1.54, 1.807) is 6.92 Å². The van der Waals surface area contributed by atoms with E-state index in [1.165, 1.54) is 12.8 Å². The second-order valence-corrected chi connectivity index (χ2v) is 5.44. The van der Waals surface area contributed by atoms with Crippen molar-refractivity contribution in [2.45, 2.75) is 64.0 Å². The molecule has 0 bridgehead atoms. The molecule has 0 amide bonds. The minimum Gasteiger partial charge on any atom is -0.481 e. The number of carboxylic acid groups (broad SMARTS) is 1. The third-order valence-corrected chi connectivity index (χ3v) is 3.93. The summed E-state index contributed by atoms with van der Waals surface area (Å²) in [5, 5.41) is 22.5. The minimum atomic E-state index is -0.794. The van der Waals surface area contributed by atoms with Crippen molar-refractivity contribution in [3.05, 3.63) is 0 Å². The molecule has 0 spiro atoms. The Kier molecular flexibility index (Phi) is 5.40. The van der Waals surface area contributed by atoms with Gasteiger partial charge in [-0.3, -0.25) is 4.79 Å². The summed E-state index contributed by atoms with van der Waals surface area (Å²) in [6.07, 6.45) is 6.19. The molecule has 1 aliphatic carbocycles. The van der Waals surface area contributed by atoms with Gasteiger partial charge in [-0.2, -0.15) is 0 Å². The van der Waals surface area contributed by atoms with E-state index in [9.17, 15) is 9.90 Å². The molecule has 2 atom stereocenters. The van der Waals surface area contributed by atoms with Gasteiger partial charge in [0.1, 0.15) is 0 Å². The van der Waals surface area contributed by atoms with Crippen LogP contribution in [0, 0.1) is 5.92 Å². The zero-order valence-electron chi connectivity index (χ0n) is 10.9. The smallest absolute Gasteiger partial charge is 0.307 e. The molecule has 1 rings (SSSR count). The lowest BCUT2D eigenvalue weighted by molar-refractivity contribution is -0.142. The van der Waals surface area contributed by atoms with E-state index in [0.29, 0.717) is 6.54 Å². The highest BCUT2D eigenvalue weighted by molar-refractivity contribution is 5.70. The number of carboxylic acids is 1. The first kappa shape index (κ1) is 14.5. The molecular formula is C13H25NO3. The molecule has 0 heterocycles. The van der Waals surface area contributed by atoms with Crippen LogP contribution in [0.25, 0.3) is 0 Å². The fraction of sp³-hybridized carbons (Fsp3) is 0.923. The van der Waals surface area contributed by atoms with E-state index >= 15 is 0 Å². The number of nitrogens with one attached hydrogen (secondary N) is 1. The van der Waals surface area contributed by atoms with Gasteiger partial charge in [-0.1, -0.05) is 32.6 Å². The molecule has 1 aliphatic rings. The predicted octanol–water partition coefficient (Wildman–Crippen LogP) is 1.77. The molecule has 4 heteroatoms. The van der Waals surface area contributed by atoms with Crippen LogP contribution >= 0.6 is 0 Å². The van der Waals surface area contributed by atoms with Crippen molar-refractivity contribution in [1.29, 1.82) is 0 Å². The molecule has 0 saturated heterocycles. The standard InChI is InChI=1S/C13H25NO3/c1-10(12(15)16)11(2)14-9-13(17)7-5-3-4-6-8-13/h10-11,14,17H,3-9H2,1-2H3,(H,15,16). The molecule has 4 nitrogen and oxygen atoms in total. The van der Waals surface area contributed by atoms with Crippen LogP contribution in [-0.4, -0.2) is 34.4 Å². The molecule has 17 heavy (non-hydrogen) atoms. The van der Waals surface area contributed by atoms with Crippen LogP contribution in [0.4, 0.5) is 0 Å². The minimum absolute atomic E-state index is 0.111. The van der Waals surface area contributed by atoms with Gasteiger partial charge in [0, 0.05) is 12.6 Å². The van der Waals surface area contributed by atoms with Crippen LogP contribution in [0.1, 0.15) is 52.4 Å². The van der Waals surface area contributed by atoms with Gasteiger partial charge in [-0.15, -0.1) is 0 Å². The molecule has 100 valence electrons. The molecule has 0 aromatic rings. The average Bonchev–Trinajstić information content (AvgIpc) is 2.50. The first-order valence-electron chi connectivity index (χ1n) is 6.63. The molecular weight excluding hydrogens is 218 g/mol. The molecule has 0 aliphatic heterocycles. The maximum atomic E-state index is 10.8. The van der Waals surface area contributed by atoms with E-state index in [4.69, 9.17) is 5.11 Å². The Balaban J connectivity index is 2.40. The van der Waals surface area contributed by atoms with Crippen LogP contribution in [0.3, 0.4) is 0 Å². The van der Waals surface area contributed by atoms with Crippen molar-refractivity contribution in [1.82, 2.24) is 5.32 Å². The average molecular weight is 243 g/mol. The van der Waals surface area contributed by atoms with Gasteiger partial charge >= 0.3 is 5.97 Å². The van der Waals surface area contributed by atoms with Gasteiger partial charge in [-0.25, -0.2) is 0 Å². The van der Waals surface area contributed by atoms with Crippen LogP contribution in [-0.2, 0) is 4.79 Å². The molecule has 0 aromatic heterocycles. The Morgan fingerprint density at radius 3 is 2.24 bits per heavy atom. The number of aliphatic hydroxyl groups is 1. The van der Waals surface area contributed by atoms with Gasteiger partial charge in [0.2, 0.25) is 0 Å². The summed E-state index contributed by atoms with van der Waals surface area (Å²) >= 11 is 0. The van der Waals surface area contributed by atoms with Crippen LogP contribution in [0.5, 0.6) is 0 Å². The van der Waals surface area contributed by atoms with Crippen molar-refractivity contribution < 1.29 is 15.0 Å². The first-order valence-corrected chi connectivity index (χ1v) is 6.63. The van der Waals surface area contributed by atoms with E-state index in [-0.39, 0.29) is 6.04 Å². The molecule has 0 aromatic carbocycles. The lowest BCUT2D eigenvalue weighted by Gasteiger charge is -2.29. The second kappa shape index (κ2) is 6.36. The highest BCUT2D eigenvalue weighted by atomic mass is 16.4. The number of carbonyl (C=O) groups is 1. The number of hydrogen-bond donors (Lipinski definition) is 3. The zero-order chi connectivity index (χ0) is 12.9. The fourth-order valence-corrected chi connectivity index (χ4v) is 2.31. The van der Waals surface area contributed by atoms with Gasteiger partial charge in [-0.05, 0) is 19.8 Å². The highest BCUT2D eigenvalue weighted by Crippen LogP contribution is 2.26. The quantitative estimate of drug-likeness (QED) is 0.644. The van der Waals surface area contributed by atoms with Crippen molar-refractivity contribution in [2.75, 3.05) is 6.54 Å². The number of rotatable bonds is 5. The Labute approximate surface area is 103 Å². The lowest BCUT2D eigenvalue weighted by atomic mass is 9.93. The predicted molar refractivity (Wildman–Crippen MR) is 66.9 cm³/mol. The van der Waals surface area contributed by atoms with Crippen LogP contribution in [0.15, 0.2) is 0 Å². The van der Waals surface area contributed by atoms with Crippen molar-refractivity contribution in [3.8, 4) is 0 Å². The molecule has 3 N–H and O–H groups in total. The van der Waals surface area contributed by atoms with E-state index in [1.807, 2.05) is 6.92 Å². The third-order valence-electron chi connectivity index (χ3n) is 3.93. The maximum Gasteiger partial charge on any atom is 0.307 e. The highest BCUT2D eigenvalue weighted by Gasteiger charge is 2.29. The van der Waals surface area contributed by atoms with Crippen molar-refractivity contribution in [3.63, 3.8) is 0 Å². The zero-order valence-corrected chi connectivity index (χ0v) is 10.9. The Morgan fingerprint density at radius 2 is 1.76 bits per heavy atom. The summed E-state index contributed by atoms with van der Waals surface area (Å²) in [5.74, 6) is -1.22. The van der Waals surface area contributed by atoms with Crippen molar-refractivity contribution in [2.24, 2.45) is 5.92 Å². The summed E-state index contributed by atoms with van der Waals surface area (Å²) in [6, 6.07) is -0.111. The molecule has 2 unspecified atom stereocenters. The van der Waals surface area contributed by atoms with E-state index in [0.717, 1.165) is 25.7 Å². The summed E-state index contributed by atoms with van der Waals surface area (Å²) in [5.41, 5.74) is -0.636. The molecule has 1 saturated carbocycles. The van der Waals surface area contributed by atoms with Crippen LogP contribution in [0.2, 0.25) is 0 Å². The summed E-state index contributed by atoms with van der Waals surface area (Å²) in [7, 11) is 0. The summed E-state index contributed by atoms with van der Waals surface area (Å²) in [4.78, 5) is 10.8. The number of hydrogen-bond acceptors (Lipinski definition) is 3. The summed E-state index contributed by atoms with van der Waals surface area (Å²) in [6.45, 7) is 4.06. The molecule has 1 fully saturated rings. The van der Waals surface area contributed by atoms with E-state index < -0.39 is 17.5 Å². The Hall–Kier alpha value is -0.610. The van der Waals surface area contributed by atoms with Gasteiger partial charge in [0.05, 0.1) is 11.5 Å². The topological polar surface area (TPSA) is 69.6 Å². The summed E-state index contributed by atoms with van der Waals surface area (Å²) < 4.78 is 0. The monoisotopic (exact) mass is 243 g/mol.